The third-order valence-corrected chi connectivity index (χ3v) is 5.80. The van der Waals surface area contributed by atoms with E-state index in [0.717, 1.165) is 42.4 Å². The summed E-state index contributed by atoms with van der Waals surface area (Å²) in [5.74, 6) is 0.362. The number of hydrogen-bond acceptors (Lipinski definition) is 5. The van der Waals surface area contributed by atoms with Crippen LogP contribution in [-0.2, 0) is 4.74 Å². The Balaban J connectivity index is 1.96. The van der Waals surface area contributed by atoms with E-state index in [1.54, 1.807) is 13.3 Å². The van der Waals surface area contributed by atoms with Crippen molar-refractivity contribution in [3.8, 4) is 23.1 Å². The van der Waals surface area contributed by atoms with Gasteiger partial charge in [-0.05, 0) is 67.3 Å². The van der Waals surface area contributed by atoms with Crippen molar-refractivity contribution in [2.75, 3.05) is 31.7 Å². The summed E-state index contributed by atoms with van der Waals surface area (Å²) in [5.41, 5.74) is 3.03. The van der Waals surface area contributed by atoms with E-state index < -0.39 is 5.60 Å². The van der Waals surface area contributed by atoms with Crippen LogP contribution in [-0.4, -0.2) is 37.4 Å². The van der Waals surface area contributed by atoms with Gasteiger partial charge in [0.2, 0.25) is 5.88 Å². The molecule has 0 unspecified atom stereocenters. The summed E-state index contributed by atoms with van der Waals surface area (Å²) in [6.07, 6.45) is 4.66. The lowest BCUT2D eigenvalue weighted by molar-refractivity contribution is 0.0588. The largest absolute Gasteiger partial charge is 0.471 e. The van der Waals surface area contributed by atoms with Crippen molar-refractivity contribution in [2.24, 2.45) is 0 Å². The predicted molar refractivity (Wildman–Crippen MR) is 136 cm³/mol. The maximum atomic E-state index is 9.95. The molecule has 3 rings (SSSR count). The van der Waals surface area contributed by atoms with Crippen molar-refractivity contribution >= 4 is 16.5 Å². The fourth-order valence-corrected chi connectivity index (χ4v) is 4.04. The first-order valence-corrected chi connectivity index (χ1v) is 11.8. The highest BCUT2D eigenvalue weighted by atomic mass is 16.5. The number of pyridine rings is 1. The number of anilines is 1. The van der Waals surface area contributed by atoms with Gasteiger partial charge in [0.05, 0.1) is 0 Å². The predicted octanol–water partition coefficient (Wildman–Crippen LogP) is 6.59. The summed E-state index contributed by atoms with van der Waals surface area (Å²) in [4.78, 5) is 6.81. The summed E-state index contributed by atoms with van der Waals surface area (Å²) in [7, 11) is 1.67. The van der Waals surface area contributed by atoms with Gasteiger partial charge >= 0.3 is 0 Å². The van der Waals surface area contributed by atoms with Gasteiger partial charge in [-0.25, -0.2) is 4.98 Å². The molecular weight excluding hydrogens is 410 g/mol. The monoisotopic (exact) mass is 445 g/mol. The first-order chi connectivity index (χ1) is 15.9. The molecule has 0 radical (unpaired) electrons. The lowest BCUT2D eigenvalue weighted by Gasteiger charge is -2.26. The highest BCUT2D eigenvalue weighted by Crippen LogP contribution is 2.33. The van der Waals surface area contributed by atoms with Crippen molar-refractivity contribution in [3.63, 3.8) is 0 Å². The van der Waals surface area contributed by atoms with Crippen molar-refractivity contribution < 1.29 is 9.47 Å². The van der Waals surface area contributed by atoms with Gasteiger partial charge in [-0.1, -0.05) is 32.0 Å². The molecule has 0 bridgehead atoms. The number of hydrogen-bond donors (Lipinski definition) is 0. The molecule has 0 atom stereocenters. The van der Waals surface area contributed by atoms with Crippen molar-refractivity contribution in [1.82, 2.24) is 4.98 Å². The lowest BCUT2D eigenvalue weighted by Crippen LogP contribution is -2.30. The molecule has 0 N–H and O–H groups in total. The second-order valence-corrected chi connectivity index (χ2v) is 8.99. The van der Waals surface area contributed by atoms with Gasteiger partial charge in [0.1, 0.15) is 17.2 Å². The minimum absolute atomic E-state index is 0.362. The van der Waals surface area contributed by atoms with Crippen molar-refractivity contribution in [1.29, 1.82) is 5.26 Å². The zero-order chi connectivity index (χ0) is 23.8. The topological polar surface area (TPSA) is 58.4 Å². The first-order valence-electron chi connectivity index (χ1n) is 11.8. The molecule has 0 fully saturated rings. The van der Waals surface area contributed by atoms with Gasteiger partial charge in [0.25, 0.3) is 0 Å². The zero-order valence-electron chi connectivity index (χ0n) is 20.5. The molecule has 174 valence electrons. The van der Waals surface area contributed by atoms with E-state index in [0.29, 0.717) is 24.5 Å². The Morgan fingerprint density at radius 3 is 2.36 bits per heavy atom. The van der Waals surface area contributed by atoms with Crippen LogP contribution in [0.4, 0.5) is 5.69 Å². The molecule has 5 nitrogen and oxygen atoms in total. The molecule has 0 aliphatic carbocycles. The zero-order valence-corrected chi connectivity index (χ0v) is 20.5. The Bertz CT molecular complexity index is 1110. The summed E-state index contributed by atoms with van der Waals surface area (Å²) in [6.45, 7) is 11.1. The third kappa shape index (κ3) is 6.03. The molecule has 1 heterocycles. The van der Waals surface area contributed by atoms with E-state index >= 15 is 0 Å². The molecule has 2 aromatic carbocycles. The smallest absolute Gasteiger partial charge is 0.232 e. The minimum Gasteiger partial charge on any atom is -0.471 e. The number of aromatic nitrogens is 1. The Morgan fingerprint density at radius 2 is 1.70 bits per heavy atom. The Kier molecular flexibility index (Phi) is 8.30. The highest BCUT2D eigenvalue weighted by Gasteiger charge is 2.23. The van der Waals surface area contributed by atoms with Crippen LogP contribution < -0.4 is 9.64 Å². The average Bonchev–Trinajstić information content (AvgIpc) is 2.81. The number of nitriles is 1. The lowest BCUT2D eigenvalue weighted by atomic mass is 9.98. The van der Waals surface area contributed by atoms with Gasteiger partial charge in [0, 0.05) is 50.7 Å². The molecular formula is C28H35N3O2. The highest BCUT2D eigenvalue weighted by molar-refractivity contribution is 5.90. The molecule has 5 heteroatoms. The molecule has 0 aliphatic heterocycles. The normalized spacial score (nSPS) is 11.4. The van der Waals surface area contributed by atoms with Crippen LogP contribution in [0.5, 0.6) is 5.88 Å². The van der Waals surface area contributed by atoms with E-state index in [-0.39, 0.29) is 0 Å². The van der Waals surface area contributed by atoms with Gasteiger partial charge in [0.15, 0.2) is 0 Å². The molecule has 0 saturated heterocycles. The van der Waals surface area contributed by atoms with Crippen LogP contribution >= 0.6 is 0 Å². The standard InChI is InChI=1S/C28H35N3O2/c1-6-15-31(16-7-2)24-11-10-21-18-23(9-8-22(21)19-24)25-12-14-30-27(26(25)20-29)33-28(3,4)13-17-32-5/h8-12,14,18-19H,6-7,13,15-17H2,1-5H3. The number of fused-ring (bicyclic) bond motifs is 1. The fourth-order valence-electron chi connectivity index (χ4n) is 4.04. The molecule has 0 aliphatic rings. The molecule has 33 heavy (non-hydrogen) atoms. The van der Waals surface area contributed by atoms with Crippen LogP contribution in [0.15, 0.2) is 48.7 Å². The second kappa shape index (κ2) is 11.2. The summed E-state index contributed by atoms with van der Waals surface area (Å²) in [6, 6.07) is 17.2. The Labute approximate surface area is 198 Å². The van der Waals surface area contributed by atoms with E-state index in [2.05, 4.69) is 66.2 Å². The quantitative estimate of drug-likeness (QED) is 0.333. The summed E-state index contributed by atoms with van der Waals surface area (Å²) >= 11 is 0. The molecule has 1 aromatic heterocycles. The van der Waals surface area contributed by atoms with Crippen LogP contribution in [0, 0.1) is 11.3 Å². The van der Waals surface area contributed by atoms with Crippen molar-refractivity contribution in [2.45, 2.75) is 52.6 Å². The molecule has 3 aromatic rings. The second-order valence-electron chi connectivity index (χ2n) is 8.99. The Hall–Kier alpha value is -3.10. The van der Waals surface area contributed by atoms with Crippen LogP contribution in [0.3, 0.4) is 0 Å². The van der Waals surface area contributed by atoms with Gasteiger partial charge in [-0.3, -0.25) is 0 Å². The number of methoxy groups -OCH3 is 1. The van der Waals surface area contributed by atoms with E-state index in [1.165, 1.54) is 11.1 Å². The summed E-state index contributed by atoms with van der Waals surface area (Å²) < 4.78 is 11.3. The molecule has 0 spiro atoms. The molecule has 0 saturated carbocycles. The summed E-state index contributed by atoms with van der Waals surface area (Å²) in [5, 5.41) is 12.3. The van der Waals surface area contributed by atoms with E-state index in [1.807, 2.05) is 19.9 Å². The number of rotatable bonds is 11. The third-order valence-electron chi connectivity index (χ3n) is 5.80. The fraction of sp³-hybridized carbons (Fsp3) is 0.429. The first kappa shape index (κ1) is 24.5. The van der Waals surface area contributed by atoms with Gasteiger partial charge in [-0.2, -0.15) is 5.26 Å². The van der Waals surface area contributed by atoms with E-state index in [4.69, 9.17) is 9.47 Å². The van der Waals surface area contributed by atoms with Gasteiger partial charge in [-0.15, -0.1) is 0 Å². The number of nitrogens with zero attached hydrogens (tertiary/aromatic N) is 3. The van der Waals surface area contributed by atoms with E-state index in [9.17, 15) is 5.26 Å². The number of ether oxygens (including phenoxy) is 2. The average molecular weight is 446 g/mol. The Morgan fingerprint density at radius 1 is 1.00 bits per heavy atom. The van der Waals surface area contributed by atoms with Crippen molar-refractivity contribution in [3.05, 3.63) is 54.2 Å². The molecule has 0 amide bonds. The van der Waals surface area contributed by atoms with Crippen LogP contribution in [0.25, 0.3) is 21.9 Å². The maximum absolute atomic E-state index is 9.95. The number of benzene rings is 2. The van der Waals surface area contributed by atoms with Gasteiger partial charge < -0.3 is 14.4 Å². The maximum Gasteiger partial charge on any atom is 0.232 e. The minimum atomic E-state index is -0.490. The van der Waals surface area contributed by atoms with Crippen LogP contribution in [0.1, 0.15) is 52.5 Å². The SMILES string of the molecule is CCCN(CCC)c1ccc2cc(-c3ccnc(OC(C)(C)CCOC)c3C#N)ccc2c1. The van der Waals surface area contributed by atoms with Crippen LogP contribution in [0.2, 0.25) is 0 Å².